The lowest BCUT2D eigenvalue weighted by Crippen LogP contribution is -2.31. The van der Waals surface area contributed by atoms with Crippen molar-refractivity contribution in [2.24, 2.45) is 0 Å². The van der Waals surface area contributed by atoms with Crippen LogP contribution in [0.15, 0.2) is 107 Å². The number of benzene rings is 3. The quantitative estimate of drug-likeness (QED) is 0.393. The first-order chi connectivity index (χ1) is 17.5. The number of carbonyl (C=O) groups excluding carboxylic acids is 2. The number of nitrogens with one attached hydrogen (secondary N) is 2. The SMILES string of the molecule is COc1ccccc1NC(=O)C1=C(C)NC(SCC(=O)c2ccccc2)=C(C#N)C1c1ccccc1. The molecular weight excluding hydrogens is 470 g/mol. The van der Waals surface area contributed by atoms with Crippen LogP contribution in [0.3, 0.4) is 0 Å². The molecule has 180 valence electrons. The first kappa shape index (κ1) is 24.8. The number of ether oxygens (including phenoxy) is 1. The monoisotopic (exact) mass is 495 g/mol. The number of allylic oxidation sites excluding steroid dienone is 2. The van der Waals surface area contributed by atoms with Gasteiger partial charge >= 0.3 is 0 Å². The van der Waals surface area contributed by atoms with Gasteiger partial charge in [-0.25, -0.2) is 0 Å². The smallest absolute Gasteiger partial charge is 0.254 e. The molecule has 0 saturated carbocycles. The zero-order valence-electron chi connectivity index (χ0n) is 19.9. The van der Waals surface area contributed by atoms with Gasteiger partial charge in [0.2, 0.25) is 0 Å². The molecule has 1 unspecified atom stereocenters. The Morgan fingerprint density at radius 1 is 1.00 bits per heavy atom. The van der Waals surface area contributed by atoms with Crippen molar-refractivity contribution < 1.29 is 14.3 Å². The first-order valence-corrected chi connectivity index (χ1v) is 12.3. The summed E-state index contributed by atoms with van der Waals surface area (Å²) >= 11 is 1.27. The number of dihydropyridines is 1. The molecule has 36 heavy (non-hydrogen) atoms. The van der Waals surface area contributed by atoms with Gasteiger partial charge in [-0.3, -0.25) is 9.59 Å². The van der Waals surface area contributed by atoms with Crippen LogP contribution in [0.4, 0.5) is 5.69 Å². The van der Waals surface area contributed by atoms with Crippen LogP contribution in [0.25, 0.3) is 0 Å². The van der Waals surface area contributed by atoms with Gasteiger partial charge in [-0.2, -0.15) is 5.26 Å². The summed E-state index contributed by atoms with van der Waals surface area (Å²) in [5.74, 6) is -0.271. The van der Waals surface area contributed by atoms with Crippen LogP contribution in [-0.4, -0.2) is 24.6 Å². The van der Waals surface area contributed by atoms with E-state index < -0.39 is 5.92 Å². The molecule has 7 heteroatoms. The largest absolute Gasteiger partial charge is 0.495 e. The molecule has 1 atom stereocenters. The minimum atomic E-state index is -0.596. The Morgan fingerprint density at radius 2 is 1.64 bits per heavy atom. The normalized spacial score (nSPS) is 15.1. The first-order valence-electron chi connectivity index (χ1n) is 11.4. The van der Waals surface area contributed by atoms with E-state index in [0.717, 1.165) is 5.56 Å². The topological polar surface area (TPSA) is 91.2 Å². The van der Waals surface area contributed by atoms with Crippen LogP contribution in [0.2, 0.25) is 0 Å². The Labute approximate surface area is 214 Å². The summed E-state index contributed by atoms with van der Waals surface area (Å²) in [7, 11) is 1.54. The Balaban J connectivity index is 1.68. The lowest BCUT2D eigenvalue weighted by Gasteiger charge is -2.30. The van der Waals surface area contributed by atoms with E-state index in [-0.39, 0.29) is 17.4 Å². The number of amides is 1. The second kappa shape index (κ2) is 11.4. The van der Waals surface area contributed by atoms with Crippen LogP contribution in [0, 0.1) is 11.3 Å². The van der Waals surface area contributed by atoms with E-state index in [0.29, 0.717) is 38.9 Å². The number of carbonyl (C=O) groups is 2. The number of Topliss-reactive ketones (excluding diaryl/α,β-unsaturated/α-hetero) is 1. The van der Waals surface area contributed by atoms with Crippen molar-refractivity contribution in [3.05, 3.63) is 118 Å². The van der Waals surface area contributed by atoms with Gasteiger partial charge in [-0.1, -0.05) is 84.6 Å². The highest BCUT2D eigenvalue weighted by Gasteiger charge is 2.35. The molecule has 0 aliphatic carbocycles. The van der Waals surface area contributed by atoms with Gasteiger partial charge < -0.3 is 15.4 Å². The average Bonchev–Trinajstić information content (AvgIpc) is 2.92. The summed E-state index contributed by atoms with van der Waals surface area (Å²) < 4.78 is 5.38. The van der Waals surface area contributed by atoms with Gasteiger partial charge in [0.1, 0.15) is 5.75 Å². The van der Waals surface area contributed by atoms with E-state index in [4.69, 9.17) is 4.74 Å². The maximum Gasteiger partial charge on any atom is 0.254 e. The second-order valence-electron chi connectivity index (χ2n) is 8.09. The third kappa shape index (κ3) is 5.35. The van der Waals surface area contributed by atoms with Crippen molar-refractivity contribution in [3.63, 3.8) is 0 Å². The van der Waals surface area contributed by atoms with E-state index >= 15 is 0 Å². The Morgan fingerprint density at radius 3 is 2.31 bits per heavy atom. The molecule has 2 N–H and O–H groups in total. The average molecular weight is 496 g/mol. The molecule has 0 radical (unpaired) electrons. The maximum absolute atomic E-state index is 13.6. The van der Waals surface area contributed by atoms with Crippen molar-refractivity contribution in [3.8, 4) is 11.8 Å². The van der Waals surface area contributed by atoms with Gasteiger partial charge in [-0.05, 0) is 24.6 Å². The predicted molar refractivity (Wildman–Crippen MR) is 143 cm³/mol. The Hall–Kier alpha value is -4.28. The lowest BCUT2D eigenvalue weighted by molar-refractivity contribution is -0.113. The summed E-state index contributed by atoms with van der Waals surface area (Å²) in [6.45, 7) is 1.81. The van der Waals surface area contributed by atoms with Crippen molar-refractivity contribution >= 4 is 29.1 Å². The van der Waals surface area contributed by atoms with Crippen LogP contribution in [0.5, 0.6) is 5.75 Å². The van der Waals surface area contributed by atoms with Gasteiger partial charge in [0.15, 0.2) is 5.78 Å². The zero-order chi connectivity index (χ0) is 25.5. The molecule has 1 heterocycles. The molecule has 0 bridgehead atoms. The van der Waals surface area contributed by atoms with Gasteiger partial charge in [-0.15, -0.1) is 0 Å². The fraction of sp³-hybridized carbons (Fsp3) is 0.138. The molecule has 0 aromatic heterocycles. The summed E-state index contributed by atoms with van der Waals surface area (Å²) in [6, 6.07) is 28.0. The Bertz CT molecular complexity index is 1380. The van der Waals surface area contributed by atoms with Crippen LogP contribution in [-0.2, 0) is 4.79 Å². The molecule has 0 fully saturated rings. The van der Waals surface area contributed by atoms with Crippen LogP contribution in [0.1, 0.15) is 28.8 Å². The minimum absolute atomic E-state index is 0.0372. The highest BCUT2D eigenvalue weighted by Crippen LogP contribution is 2.41. The number of methoxy groups -OCH3 is 1. The molecule has 1 amide bonds. The number of nitrogens with zero attached hydrogens (tertiary/aromatic N) is 1. The van der Waals surface area contributed by atoms with E-state index in [9.17, 15) is 14.9 Å². The highest BCUT2D eigenvalue weighted by atomic mass is 32.2. The van der Waals surface area contributed by atoms with E-state index in [1.807, 2.05) is 60.7 Å². The molecular formula is C29H25N3O3S. The maximum atomic E-state index is 13.6. The van der Waals surface area contributed by atoms with Gasteiger partial charge in [0.25, 0.3) is 5.91 Å². The second-order valence-corrected chi connectivity index (χ2v) is 9.08. The summed E-state index contributed by atoms with van der Waals surface area (Å²) in [5.41, 5.74) is 3.40. The number of ketones is 1. The molecule has 1 aliphatic rings. The molecule has 4 rings (SSSR count). The number of rotatable bonds is 8. The fourth-order valence-electron chi connectivity index (χ4n) is 4.09. The fourth-order valence-corrected chi connectivity index (χ4v) is 5.08. The zero-order valence-corrected chi connectivity index (χ0v) is 20.8. The van der Waals surface area contributed by atoms with Crippen molar-refractivity contribution in [2.75, 3.05) is 18.2 Å². The third-order valence-electron chi connectivity index (χ3n) is 5.82. The number of hydrogen-bond donors (Lipinski definition) is 2. The lowest BCUT2D eigenvalue weighted by atomic mass is 9.82. The summed E-state index contributed by atoms with van der Waals surface area (Å²) in [4.78, 5) is 26.3. The van der Waals surface area contributed by atoms with Crippen molar-refractivity contribution in [2.45, 2.75) is 12.8 Å². The van der Waals surface area contributed by atoms with Gasteiger partial charge in [0, 0.05) is 16.8 Å². The number of thioether (sulfide) groups is 1. The number of para-hydroxylation sites is 2. The molecule has 1 aliphatic heterocycles. The molecule has 0 saturated heterocycles. The standard InChI is InChI=1S/C29H25N3O3S/c1-19-26(28(34)32-23-15-9-10-16-25(23)35-2)27(21-13-7-4-8-14-21)22(17-30)29(31-19)36-18-24(33)20-11-5-3-6-12-20/h3-16,27,31H,18H2,1-2H3,(H,32,34). The van der Waals surface area contributed by atoms with E-state index in [1.165, 1.54) is 11.8 Å². The van der Waals surface area contributed by atoms with E-state index in [1.54, 1.807) is 38.3 Å². The van der Waals surface area contributed by atoms with Crippen LogP contribution >= 0.6 is 11.8 Å². The molecule has 0 spiro atoms. The molecule has 3 aromatic rings. The molecule has 3 aromatic carbocycles. The van der Waals surface area contributed by atoms with Crippen molar-refractivity contribution in [1.82, 2.24) is 5.32 Å². The number of nitriles is 1. The number of anilines is 1. The van der Waals surface area contributed by atoms with E-state index in [2.05, 4.69) is 16.7 Å². The molecule has 6 nitrogen and oxygen atoms in total. The van der Waals surface area contributed by atoms with Gasteiger partial charge in [0.05, 0.1) is 41.1 Å². The summed E-state index contributed by atoms with van der Waals surface area (Å²) in [6.07, 6.45) is 0. The predicted octanol–water partition coefficient (Wildman–Crippen LogP) is 5.65. The Kier molecular flexibility index (Phi) is 7.89. The van der Waals surface area contributed by atoms with Crippen molar-refractivity contribution in [1.29, 1.82) is 5.26 Å². The minimum Gasteiger partial charge on any atom is -0.495 e. The third-order valence-corrected chi connectivity index (χ3v) is 6.84. The summed E-state index contributed by atoms with van der Waals surface area (Å²) in [5, 5.41) is 16.9. The van der Waals surface area contributed by atoms with Crippen LogP contribution < -0.4 is 15.4 Å². The number of hydrogen-bond acceptors (Lipinski definition) is 6. The highest BCUT2D eigenvalue weighted by molar-refractivity contribution is 8.03.